The molecule has 0 unspecified atom stereocenters. The Morgan fingerprint density at radius 3 is 2.65 bits per heavy atom. The average Bonchev–Trinajstić information content (AvgIpc) is 3.04. The summed E-state index contributed by atoms with van der Waals surface area (Å²) in [4.78, 5) is 13.8. The lowest BCUT2D eigenvalue weighted by molar-refractivity contribution is 0.102. The SMILES string of the molecule is Cc1nn(Cc2ccccc2)c(Cl)c1C(=O)Nc1sc(C)c(C)c1C#N. The van der Waals surface area contributed by atoms with Crippen molar-refractivity contribution in [2.75, 3.05) is 5.32 Å². The molecule has 132 valence electrons. The number of benzene rings is 1. The van der Waals surface area contributed by atoms with Crippen LogP contribution in [0.3, 0.4) is 0 Å². The number of aromatic nitrogens is 2. The normalized spacial score (nSPS) is 10.6. The van der Waals surface area contributed by atoms with Gasteiger partial charge in [0.25, 0.3) is 5.91 Å². The van der Waals surface area contributed by atoms with E-state index in [1.807, 2.05) is 44.2 Å². The highest BCUT2D eigenvalue weighted by atomic mass is 35.5. The van der Waals surface area contributed by atoms with Gasteiger partial charge in [0.05, 0.1) is 23.4 Å². The first-order chi connectivity index (χ1) is 12.4. The third-order valence-electron chi connectivity index (χ3n) is 4.19. The first-order valence-corrected chi connectivity index (χ1v) is 9.20. The molecular weight excluding hydrogens is 368 g/mol. The summed E-state index contributed by atoms with van der Waals surface area (Å²) in [6.07, 6.45) is 0. The van der Waals surface area contributed by atoms with Crippen molar-refractivity contribution >= 4 is 33.8 Å². The Morgan fingerprint density at radius 2 is 2.00 bits per heavy atom. The van der Waals surface area contributed by atoms with Crippen molar-refractivity contribution in [1.82, 2.24) is 9.78 Å². The summed E-state index contributed by atoms with van der Waals surface area (Å²) in [6, 6.07) is 11.9. The molecule has 0 atom stereocenters. The molecule has 2 heterocycles. The van der Waals surface area contributed by atoms with E-state index in [2.05, 4.69) is 16.5 Å². The van der Waals surface area contributed by atoms with Crippen molar-refractivity contribution in [2.45, 2.75) is 27.3 Å². The third kappa shape index (κ3) is 3.36. The summed E-state index contributed by atoms with van der Waals surface area (Å²) < 4.78 is 1.61. The number of nitrogens with zero attached hydrogens (tertiary/aromatic N) is 3. The minimum atomic E-state index is -0.357. The number of halogens is 1. The van der Waals surface area contributed by atoms with Gasteiger partial charge < -0.3 is 5.32 Å². The van der Waals surface area contributed by atoms with Gasteiger partial charge in [0.2, 0.25) is 0 Å². The van der Waals surface area contributed by atoms with Crippen LogP contribution in [0.4, 0.5) is 5.00 Å². The lowest BCUT2D eigenvalue weighted by atomic mass is 10.2. The molecule has 26 heavy (non-hydrogen) atoms. The molecule has 1 amide bonds. The molecule has 2 aromatic heterocycles. The van der Waals surface area contributed by atoms with Gasteiger partial charge in [-0.2, -0.15) is 10.4 Å². The highest BCUT2D eigenvalue weighted by molar-refractivity contribution is 7.16. The first-order valence-electron chi connectivity index (χ1n) is 8.00. The number of nitriles is 1. The zero-order valence-corrected chi connectivity index (χ0v) is 16.2. The molecule has 0 bridgehead atoms. The Hall–Kier alpha value is -2.62. The zero-order valence-electron chi connectivity index (χ0n) is 14.6. The van der Waals surface area contributed by atoms with Gasteiger partial charge in [0, 0.05) is 4.88 Å². The Labute approximate surface area is 160 Å². The molecule has 0 saturated carbocycles. The lowest BCUT2D eigenvalue weighted by Gasteiger charge is -2.05. The second kappa shape index (κ2) is 7.32. The van der Waals surface area contributed by atoms with E-state index in [1.165, 1.54) is 11.3 Å². The Balaban J connectivity index is 1.89. The Morgan fingerprint density at radius 1 is 1.31 bits per heavy atom. The van der Waals surface area contributed by atoms with Crippen LogP contribution in [0, 0.1) is 32.1 Å². The highest BCUT2D eigenvalue weighted by Crippen LogP contribution is 2.32. The van der Waals surface area contributed by atoms with E-state index in [1.54, 1.807) is 11.6 Å². The molecule has 1 aromatic carbocycles. The van der Waals surface area contributed by atoms with Gasteiger partial charge >= 0.3 is 0 Å². The quantitative estimate of drug-likeness (QED) is 0.708. The number of thiophene rings is 1. The molecule has 7 heteroatoms. The number of anilines is 1. The number of amides is 1. The number of carbonyl (C=O) groups excluding carboxylic acids is 1. The topological polar surface area (TPSA) is 70.7 Å². The van der Waals surface area contributed by atoms with Gasteiger partial charge in [0.15, 0.2) is 0 Å². The van der Waals surface area contributed by atoms with Crippen LogP contribution in [0.1, 0.15) is 37.6 Å². The third-order valence-corrected chi connectivity index (χ3v) is 5.70. The zero-order chi connectivity index (χ0) is 18.8. The summed E-state index contributed by atoms with van der Waals surface area (Å²) in [5.41, 5.74) is 3.30. The molecule has 3 aromatic rings. The highest BCUT2D eigenvalue weighted by Gasteiger charge is 2.23. The number of rotatable bonds is 4. The predicted molar refractivity (Wildman–Crippen MR) is 104 cm³/mol. The lowest BCUT2D eigenvalue weighted by Crippen LogP contribution is -2.13. The van der Waals surface area contributed by atoms with Gasteiger partial charge in [-0.3, -0.25) is 4.79 Å². The Bertz CT molecular complexity index is 1010. The second-order valence-corrected chi connectivity index (χ2v) is 7.53. The van der Waals surface area contributed by atoms with Crippen molar-refractivity contribution in [2.24, 2.45) is 0 Å². The van der Waals surface area contributed by atoms with E-state index in [0.717, 1.165) is 16.0 Å². The number of aryl methyl sites for hydroxylation is 2. The van der Waals surface area contributed by atoms with Gasteiger partial charge in [-0.1, -0.05) is 41.9 Å². The van der Waals surface area contributed by atoms with E-state index in [9.17, 15) is 10.1 Å². The van der Waals surface area contributed by atoms with Crippen LogP contribution in [0.5, 0.6) is 0 Å². The van der Waals surface area contributed by atoms with E-state index < -0.39 is 0 Å². The largest absolute Gasteiger partial charge is 0.312 e. The fourth-order valence-corrected chi connectivity index (χ4v) is 4.01. The van der Waals surface area contributed by atoms with Crippen molar-refractivity contribution < 1.29 is 4.79 Å². The summed E-state index contributed by atoms with van der Waals surface area (Å²) in [6.45, 7) is 6.02. The number of nitrogens with one attached hydrogen (secondary N) is 1. The minimum absolute atomic E-state index is 0.285. The van der Waals surface area contributed by atoms with Crippen molar-refractivity contribution in [3.05, 3.63) is 68.3 Å². The summed E-state index contributed by atoms with van der Waals surface area (Å²) in [5, 5.41) is 17.4. The molecule has 0 saturated heterocycles. The average molecular weight is 385 g/mol. The maximum Gasteiger partial charge on any atom is 0.261 e. The van der Waals surface area contributed by atoms with Gasteiger partial charge in [-0.05, 0) is 31.9 Å². The Kier molecular flexibility index (Phi) is 5.12. The van der Waals surface area contributed by atoms with Crippen LogP contribution < -0.4 is 5.32 Å². The van der Waals surface area contributed by atoms with Crippen molar-refractivity contribution in [1.29, 1.82) is 5.26 Å². The summed E-state index contributed by atoms with van der Waals surface area (Å²) in [7, 11) is 0. The molecule has 1 N–H and O–H groups in total. The van der Waals surface area contributed by atoms with Crippen LogP contribution in [-0.2, 0) is 6.54 Å². The molecule has 5 nitrogen and oxygen atoms in total. The monoisotopic (exact) mass is 384 g/mol. The van der Waals surface area contributed by atoms with Crippen molar-refractivity contribution in [3.63, 3.8) is 0 Å². The summed E-state index contributed by atoms with van der Waals surface area (Å²) in [5.74, 6) is -0.357. The van der Waals surface area contributed by atoms with E-state index in [0.29, 0.717) is 28.4 Å². The van der Waals surface area contributed by atoms with Crippen LogP contribution in [0.25, 0.3) is 0 Å². The maximum atomic E-state index is 12.8. The van der Waals surface area contributed by atoms with Gasteiger partial charge in [-0.15, -0.1) is 11.3 Å². The molecule has 0 aliphatic heterocycles. The number of hydrogen-bond acceptors (Lipinski definition) is 4. The molecule has 3 rings (SSSR count). The predicted octanol–water partition coefficient (Wildman–Crippen LogP) is 4.70. The molecule has 0 fully saturated rings. The van der Waals surface area contributed by atoms with Crippen molar-refractivity contribution in [3.8, 4) is 6.07 Å². The van der Waals surface area contributed by atoms with Crippen LogP contribution in [0.15, 0.2) is 30.3 Å². The van der Waals surface area contributed by atoms with Gasteiger partial charge in [0.1, 0.15) is 16.2 Å². The van der Waals surface area contributed by atoms with E-state index in [4.69, 9.17) is 11.6 Å². The first kappa shape index (κ1) is 18.2. The van der Waals surface area contributed by atoms with Crippen LogP contribution in [0.2, 0.25) is 5.15 Å². The number of carbonyl (C=O) groups is 1. The molecular formula is C19H17ClN4OS. The van der Waals surface area contributed by atoms with Crippen LogP contribution in [-0.4, -0.2) is 15.7 Å². The molecule has 0 aliphatic rings. The smallest absolute Gasteiger partial charge is 0.261 e. The molecule has 0 aliphatic carbocycles. The minimum Gasteiger partial charge on any atom is -0.312 e. The second-order valence-electron chi connectivity index (χ2n) is 5.95. The fourth-order valence-electron chi connectivity index (χ4n) is 2.69. The molecule has 0 spiro atoms. The van der Waals surface area contributed by atoms with E-state index in [-0.39, 0.29) is 11.1 Å². The number of hydrogen-bond donors (Lipinski definition) is 1. The fraction of sp³-hybridized carbons (Fsp3) is 0.211. The van der Waals surface area contributed by atoms with Gasteiger partial charge in [-0.25, -0.2) is 4.68 Å². The van der Waals surface area contributed by atoms with Crippen LogP contribution >= 0.6 is 22.9 Å². The summed E-state index contributed by atoms with van der Waals surface area (Å²) >= 11 is 7.81. The van der Waals surface area contributed by atoms with E-state index >= 15 is 0 Å². The maximum absolute atomic E-state index is 12.8. The standard InChI is InChI=1S/C19H17ClN4OS/c1-11-13(3)26-19(15(11)9-21)22-18(25)16-12(2)23-24(17(16)20)10-14-7-5-4-6-8-14/h4-8H,10H2,1-3H3,(H,22,25). The molecule has 0 radical (unpaired) electrons.